The Morgan fingerprint density at radius 1 is 0.962 bits per heavy atom. The number of amides is 1. The Morgan fingerprint density at radius 3 is 2.27 bits per heavy atom. The van der Waals surface area contributed by atoms with E-state index in [-0.39, 0.29) is 23.8 Å². The fraction of sp³-hybridized carbons (Fsp3) is 0.300. The van der Waals surface area contributed by atoms with E-state index in [0.717, 1.165) is 12.0 Å². The largest absolute Gasteiger partial charge is 0.493 e. The van der Waals surface area contributed by atoms with E-state index in [1.165, 1.54) is 19.8 Å². The number of carbonyl (C=O) groups excluding carboxylic acids is 2. The number of hydrogen-bond acceptors (Lipinski definition) is 5. The average molecular weight is 357 g/mol. The van der Waals surface area contributed by atoms with Crippen LogP contribution in [0.4, 0.5) is 0 Å². The standard InChI is InChI=1S/C20H23NO5/c1-4-14-8-10-15(11-9-14)12-21-18(22)13-26-20(23)16-6-5-7-17(24-2)19(16)25-3/h5-11H,4,12-13H2,1-3H3,(H,21,22). The number of para-hydroxylation sites is 1. The molecule has 6 heteroatoms. The Bertz CT molecular complexity index is 755. The van der Waals surface area contributed by atoms with Gasteiger partial charge in [0.05, 0.1) is 14.2 Å². The number of benzene rings is 2. The molecule has 0 spiro atoms. The number of methoxy groups -OCH3 is 2. The Morgan fingerprint density at radius 2 is 1.65 bits per heavy atom. The average Bonchev–Trinajstić information content (AvgIpc) is 2.69. The van der Waals surface area contributed by atoms with E-state index in [4.69, 9.17) is 14.2 Å². The normalized spacial score (nSPS) is 10.1. The summed E-state index contributed by atoms with van der Waals surface area (Å²) in [4.78, 5) is 24.1. The Labute approximate surface area is 153 Å². The molecular weight excluding hydrogens is 334 g/mol. The third-order valence-electron chi connectivity index (χ3n) is 3.88. The van der Waals surface area contributed by atoms with Gasteiger partial charge in [-0.2, -0.15) is 0 Å². The molecule has 6 nitrogen and oxygen atoms in total. The fourth-order valence-corrected chi connectivity index (χ4v) is 2.40. The highest BCUT2D eigenvalue weighted by atomic mass is 16.5. The van der Waals surface area contributed by atoms with E-state index in [0.29, 0.717) is 12.3 Å². The number of aryl methyl sites for hydroxylation is 1. The van der Waals surface area contributed by atoms with Crippen molar-refractivity contribution in [2.45, 2.75) is 19.9 Å². The van der Waals surface area contributed by atoms with Crippen LogP contribution in [0.2, 0.25) is 0 Å². The van der Waals surface area contributed by atoms with Crippen LogP contribution in [-0.4, -0.2) is 32.7 Å². The van der Waals surface area contributed by atoms with Crippen molar-refractivity contribution in [2.75, 3.05) is 20.8 Å². The number of esters is 1. The molecule has 1 amide bonds. The van der Waals surface area contributed by atoms with E-state index < -0.39 is 5.97 Å². The predicted octanol–water partition coefficient (Wildman–Crippen LogP) is 2.74. The molecule has 26 heavy (non-hydrogen) atoms. The van der Waals surface area contributed by atoms with Crippen LogP contribution >= 0.6 is 0 Å². The molecule has 0 aromatic heterocycles. The summed E-state index contributed by atoms with van der Waals surface area (Å²) >= 11 is 0. The van der Waals surface area contributed by atoms with Crippen LogP contribution in [0.3, 0.4) is 0 Å². The van der Waals surface area contributed by atoms with Gasteiger partial charge in [-0.1, -0.05) is 37.3 Å². The van der Waals surface area contributed by atoms with Gasteiger partial charge in [0, 0.05) is 6.54 Å². The van der Waals surface area contributed by atoms with Crippen molar-refractivity contribution >= 4 is 11.9 Å². The maximum Gasteiger partial charge on any atom is 0.342 e. The predicted molar refractivity (Wildman–Crippen MR) is 97.5 cm³/mol. The molecule has 0 atom stereocenters. The first-order valence-corrected chi connectivity index (χ1v) is 8.31. The lowest BCUT2D eigenvalue weighted by Crippen LogP contribution is -2.28. The van der Waals surface area contributed by atoms with Gasteiger partial charge in [0.25, 0.3) is 5.91 Å². The molecular formula is C20H23NO5. The highest BCUT2D eigenvalue weighted by Crippen LogP contribution is 2.30. The fourth-order valence-electron chi connectivity index (χ4n) is 2.40. The van der Waals surface area contributed by atoms with Gasteiger partial charge in [-0.15, -0.1) is 0 Å². The first kappa shape index (κ1) is 19.3. The number of carbonyl (C=O) groups is 2. The Hall–Kier alpha value is -3.02. The van der Waals surface area contributed by atoms with Gasteiger partial charge in [0.2, 0.25) is 0 Å². The molecule has 2 aromatic carbocycles. The Kier molecular flexibility index (Phi) is 7.02. The van der Waals surface area contributed by atoms with Gasteiger partial charge in [-0.25, -0.2) is 4.79 Å². The number of rotatable bonds is 8. The van der Waals surface area contributed by atoms with Crippen LogP contribution in [0.25, 0.3) is 0 Å². The van der Waals surface area contributed by atoms with Crippen LogP contribution in [0.5, 0.6) is 11.5 Å². The summed E-state index contributed by atoms with van der Waals surface area (Å²) in [5, 5.41) is 2.72. The van der Waals surface area contributed by atoms with Crippen molar-refractivity contribution in [2.24, 2.45) is 0 Å². The minimum absolute atomic E-state index is 0.204. The first-order chi connectivity index (χ1) is 12.6. The summed E-state index contributed by atoms with van der Waals surface area (Å²) < 4.78 is 15.4. The van der Waals surface area contributed by atoms with Gasteiger partial charge in [-0.05, 0) is 29.7 Å². The van der Waals surface area contributed by atoms with E-state index >= 15 is 0 Å². The molecule has 0 radical (unpaired) electrons. The number of hydrogen-bond donors (Lipinski definition) is 1. The van der Waals surface area contributed by atoms with Gasteiger partial charge in [0.1, 0.15) is 5.56 Å². The van der Waals surface area contributed by atoms with Gasteiger partial charge in [0.15, 0.2) is 18.1 Å². The highest BCUT2D eigenvalue weighted by molar-refractivity contribution is 5.94. The summed E-state index contributed by atoms with van der Waals surface area (Å²) in [6.45, 7) is 2.09. The third kappa shape index (κ3) is 4.99. The zero-order valence-electron chi connectivity index (χ0n) is 15.2. The van der Waals surface area contributed by atoms with Crippen LogP contribution in [0.15, 0.2) is 42.5 Å². The molecule has 138 valence electrons. The molecule has 0 aliphatic heterocycles. The quantitative estimate of drug-likeness (QED) is 0.736. The summed E-state index contributed by atoms with van der Waals surface area (Å²) in [6.07, 6.45) is 0.969. The lowest BCUT2D eigenvalue weighted by molar-refractivity contribution is -0.124. The van der Waals surface area contributed by atoms with Gasteiger partial charge in [-0.3, -0.25) is 4.79 Å². The first-order valence-electron chi connectivity index (χ1n) is 8.31. The van der Waals surface area contributed by atoms with Crippen LogP contribution in [-0.2, 0) is 22.5 Å². The SMILES string of the molecule is CCc1ccc(CNC(=O)COC(=O)c2cccc(OC)c2OC)cc1. The van der Waals surface area contributed by atoms with Crippen molar-refractivity contribution in [1.29, 1.82) is 0 Å². The minimum Gasteiger partial charge on any atom is -0.493 e. The lowest BCUT2D eigenvalue weighted by Gasteiger charge is -2.12. The summed E-state index contributed by atoms with van der Waals surface area (Å²) in [6, 6.07) is 12.9. The maximum atomic E-state index is 12.2. The second-order valence-electron chi connectivity index (χ2n) is 5.56. The summed E-state index contributed by atoms with van der Waals surface area (Å²) in [7, 11) is 2.92. The Balaban J connectivity index is 1.87. The molecule has 0 saturated heterocycles. The molecule has 0 bridgehead atoms. The van der Waals surface area contributed by atoms with Gasteiger partial charge < -0.3 is 19.5 Å². The molecule has 0 saturated carbocycles. The molecule has 1 N–H and O–H groups in total. The minimum atomic E-state index is -0.650. The maximum absolute atomic E-state index is 12.2. The molecule has 0 aliphatic rings. The zero-order chi connectivity index (χ0) is 18.9. The van der Waals surface area contributed by atoms with E-state index in [2.05, 4.69) is 12.2 Å². The van der Waals surface area contributed by atoms with Crippen molar-refractivity contribution in [3.8, 4) is 11.5 Å². The monoisotopic (exact) mass is 357 g/mol. The zero-order valence-corrected chi connectivity index (χ0v) is 15.2. The molecule has 0 heterocycles. The smallest absolute Gasteiger partial charge is 0.342 e. The third-order valence-corrected chi connectivity index (χ3v) is 3.88. The lowest BCUT2D eigenvalue weighted by atomic mass is 10.1. The topological polar surface area (TPSA) is 73.9 Å². The van der Waals surface area contributed by atoms with Gasteiger partial charge >= 0.3 is 5.97 Å². The van der Waals surface area contributed by atoms with Crippen molar-refractivity contribution < 1.29 is 23.8 Å². The molecule has 2 rings (SSSR count). The molecule has 0 fully saturated rings. The molecule has 2 aromatic rings. The summed E-state index contributed by atoms with van der Waals surface area (Å²) in [5.74, 6) is -0.332. The molecule has 0 aliphatic carbocycles. The number of ether oxygens (including phenoxy) is 3. The van der Waals surface area contributed by atoms with Crippen molar-refractivity contribution in [1.82, 2.24) is 5.32 Å². The highest BCUT2D eigenvalue weighted by Gasteiger charge is 2.18. The van der Waals surface area contributed by atoms with Crippen LogP contribution < -0.4 is 14.8 Å². The second-order valence-corrected chi connectivity index (χ2v) is 5.56. The van der Waals surface area contributed by atoms with Crippen LogP contribution in [0, 0.1) is 0 Å². The van der Waals surface area contributed by atoms with E-state index in [1.807, 2.05) is 24.3 Å². The number of nitrogens with one attached hydrogen (secondary N) is 1. The summed E-state index contributed by atoms with van der Waals surface area (Å²) in [5.41, 5.74) is 2.42. The van der Waals surface area contributed by atoms with Crippen molar-refractivity contribution in [3.05, 3.63) is 59.2 Å². The second kappa shape index (κ2) is 9.46. The van der Waals surface area contributed by atoms with E-state index in [9.17, 15) is 9.59 Å². The van der Waals surface area contributed by atoms with E-state index in [1.54, 1.807) is 18.2 Å². The van der Waals surface area contributed by atoms with Crippen LogP contribution in [0.1, 0.15) is 28.4 Å². The van der Waals surface area contributed by atoms with Crippen molar-refractivity contribution in [3.63, 3.8) is 0 Å². The molecule has 0 unspecified atom stereocenters.